The molecule has 3 nitrogen and oxygen atoms in total. The van der Waals surface area contributed by atoms with Gasteiger partial charge in [-0.3, -0.25) is 0 Å². The zero-order valence-electron chi connectivity index (χ0n) is 8.71. The topological polar surface area (TPSA) is 30.5 Å². The van der Waals surface area contributed by atoms with Crippen LogP contribution in [0.1, 0.15) is 26.2 Å². The Balaban J connectivity index is 2.07. The highest BCUT2D eigenvalue weighted by molar-refractivity contribution is 4.70. The van der Waals surface area contributed by atoms with Crippen LogP contribution in [0.2, 0.25) is 0 Å². The lowest BCUT2D eigenvalue weighted by Crippen LogP contribution is -2.37. The molecule has 78 valence electrons. The van der Waals surface area contributed by atoms with E-state index in [0.717, 1.165) is 26.1 Å². The summed E-state index contributed by atoms with van der Waals surface area (Å²) < 4.78 is 10.9. The van der Waals surface area contributed by atoms with Crippen molar-refractivity contribution in [3.8, 4) is 0 Å². The summed E-state index contributed by atoms with van der Waals surface area (Å²) in [5.74, 6) is 0. The number of nitrogens with one attached hydrogen (secondary N) is 1. The lowest BCUT2D eigenvalue weighted by Gasteiger charge is -2.26. The van der Waals surface area contributed by atoms with E-state index in [9.17, 15) is 0 Å². The van der Waals surface area contributed by atoms with Crippen LogP contribution in [0.3, 0.4) is 0 Å². The van der Waals surface area contributed by atoms with Crippen molar-refractivity contribution in [3.05, 3.63) is 0 Å². The van der Waals surface area contributed by atoms with E-state index in [1.165, 1.54) is 12.8 Å². The molecule has 0 radical (unpaired) electrons. The summed E-state index contributed by atoms with van der Waals surface area (Å²) >= 11 is 0. The normalized spacial score (nSPS) is 25.8. The molecule has 1 aliphatic rings. The van der Waals surface area contributed by atoms with Gasteiger partial charge >= 0.3 is 0 Å². The van der Waals surface area contributed by atoms with E-state index in [2.05, 4.69) is 12.2 Å². The molecular weight excluding hydrogens is 166 g/mol. The van der Waals surface area contributed by atoms with Crippen LogP contribution < -0.4 is 5.32 Å². The van der Waals surface area contributed by atoms with E-state index in [4.69, 9.17) is 9.47 Å². The molecular formula is C10H21NO2. The molecule has 0 bridgehead atoms. The van der Waals surface area contributed by atoms with E-state index in [0.29, 0.717) is 12.2 Å². The Kier molecular flexibility index (Phi) is 5.35. The third kappa shape index (κ3) is 4.60. The van der Waals surface area contributed by atoms with Crippen LogP contribution in [0.4, 0.5) is 0 Å². The molecule has 1 heterocycles. The highest BCUT2D eigenvalue weighted by atomic mass is 16.5. The first kappa shape index (κ1) is 11.0. The van der Waals surface area contributed by atoms with Gasteiger partial charge in [0.25, 0.3) is 0 Å². The van der Waals surface area contributed by atoms with E-state index in [1.807, 2.05) is 0 Å². The van der Waals surface area contributed by atoms with Crippen molar-refractivity contribution in [2.24, 2.45) is 0 Å². The first-order valence-electron chi connectivity index (χ1n) is 5.18. The maximum absolute atomic E-state index is 5.85. The minimum Gasteiger partial charge on any atom is -0.385 e. The van der Waals surface area contributed by atoms with Gasteiger partial charge in [-0.25, -0.2) is 0 Å². The molecule has 1 N–H and O–H groups in total. The molecule has 0 amide bonds. The average Bonchev–Trinajstić information content (AvgIpc) is 2.16. The summed E-state index contributed by atoms with van der Waals surface area (Å²) in [6.07, 6.45) is 4.17. The van der Waals surface area contributed by atoms with Gasteiger partial charge in [-0.15, -0.1) is 0 Å². The minimum absolute atomic E-state index is 0.324. The predicted molar refractivity (Wildman–Crippen MR) is 52.9 cm³/mol. The largest absolute Gasteiger partial charge is 0.385 e. The molecule has 2 atom stereocenters. The highest BCUT2D eigenvalue weighted by Gasteiger charge is 2.15. The van der Waals surface area contributed by atoms with Crippen LogP contribution in [0.25, 0.3) is 0 Å². The van der Waals surface area contributed by atoms with Crippen molar-refractivity contribution in [1.29, 1.82) is 0 Å². The Morgan fingerprint density at radius 3 is 3.00 bits per heavy atom. The van der Waals surface area contributed by atoms with Crippen LogP contribution in [0.5, 0.6) is 0 Å². The molecule has 0 saturated carbocycles. The third-order valence-corrected chi connectivity index (χ3v) is 2.40. The van der Waals surface area contributed by atoms with Crippen LogP contribution in [-0.2, 0) is 9.47 Å². The fourth-order valence-corrected chi connectivity index (χ4v) is 1.62. The Labute approximate surface area is 80.8 Å². The molecule has 0 aliphatic carbocycles. The molecule has 0 spiro atoms. The second kappa shape index (κ2) is 6.35. The van der Waals surface area contributed by atoms with Crippen molar-refractivity contribution in [3.63, 3.8) is 0 Å². The second-order valence-electron chi connectivity index (χ2n) is 3.70. The number of hydrogen-bond donors (Lipinski definition) is 1. The first-order chi connectivity index (χ1) is 6.33. The SMILES string of the molecule is COCCC(C)O[C@H]1CCCNC1. The second-order valence-corrected chi connectivity index (χ2v) is 3.70. The molecule has 0 aromatic carbocycles. The maximum atomic E-state index is 5.85. The van der Waals surface area contributed by atoms with Crippen molar-refractivity contribution < 1.29 is 9.47 Å². The fraction of sp³-hybridized carbons (Fsp3) is 1.00. The monoisotopic (exact) mass is 187 g/mol. The molecule has 1 fully saturated rings. The minimum atomic E-state index is 0.324. The molecule has 0 aromatic heterocycles. The van der Waals surface area contributed by atoms with Crippen LogP contribution in [0.15, 0.2) is 0 Å². The summed E-state index contributed by atoms with van der Waals surface area (Å²) in [5, 5.41) is 3.34. The van der Waals surface area contributed by atoms with Gasteiger partial charge in [0, 0.05) is 20.3 Å². The summed E-state index contributed by atoms with van der Waals surface area (Å²) in [4.78, 5) is 0. The maximum Gasteiger partial charge on any atom is 0.0703 e. The van der Waals surface area contributed by atoms with E-state index < -0.39 is 0 Å². The number of ether oxygens (including phenoxy) is 2. The lowest BCUT2D eigenvalue weighted by molar-refractivity contribution is -0.0260. The van der Waals surface area contributed by atoms with Crippen molar-refractivity contribution in [2.45, 2.75) is 38.4 Å². The molecule has 13 heavy (non-hydrogen) atoms. The Bertz CT molecular complexity index is 124. The molecule has 1 unspecified atom stereocenters. The summed E-state index contributed by atoms with van der Waals surface area (Å²) in [6.45, 7) is 5.07. The van der Waals surface area contributed by atoms with E-state index in [-0.39, 0.29) is 0 Å². The van der Waals surface area contributed by atoms with Gasteiger partial charge in [0.2, 0.25) is 0 Å². The molecule has 1 aliphatic heterocycles. The van der Waals surface area contributed by atoms with Crippen molar-refractivity contribution >= 4 is 0 Å². The van der Waals surface area contributed by atoms with E-state index >= 15 is 0 Å². The Morgan fingerprint density at radius 2 is 2.38 bits per heavy atom. The first-order valence-corrected chi connectivity index (χ1v) is 5.18. The van der Waals surface area contributed by atoms with Crippen molar-refractivity contribution in [1.82, 2.24) is 5.32 Å². The van der Waals surface area contributed by atoms with Gasteiger partial charge in [0.15, 0.2) is 0 Å². The third-order valence-electron chi connectivity index (χ3n) is 2.40. The standard InChI is InChI=1S/C10H21NO2/c1-9(5-7-12-2)13-10-4-3-6-11-8-10/h9-11H,3-8H2,1-2H3/t9?,10-/m0/s1. The molecule has 3 heteroatoms. The quantitative estimate of drug-likeness (QED) is 0.701. The molecule has 0 aromatic rings. The summed E-state index contributed by atoms with van der Waals surface area (Å²) in [5.41, 5.74) is 0. The van der Waals surface area contributed by atoms with Crippen LogP contribution >= 0.6 is 0 Å². The average molecular weight is 187 g/mol. The lowest BCUT2D eigenvalue weighted by atomic mass is 10.1. The fourth-order valence-electron chi connectivity index (χ4n) is 1.62. The van der Waals surface area contributed by atoms with Gasteiger partial charge in [-0.05, 0) is 32.7 Å². The Hall–Kier alpha value is -0.120. The number of hydrogen-bond acceptors (Lipinski definition) is 3. The smallest absolute Gasteiger partial charge is 0.0703 e. The number of methoxy groups -OCH3 is 1. The van der Waals surface area contributed by atoms with Gasteiger partial charge in [0.1, 0.15) is 0 Å². The highest BCUT2D eigenvalue weighted by Crippen LogP contribution is 2.10. The molecule has 1 saturated heterocycles. The zero-order chi connectivity index (χ0) is 9.52. The van der Waals surface area contributed by atoms with Gasteiger partial charge in [-0.1, -0.05) is 0 Å². The van der Waals surface area contributed by atoms with Gasteiger partial charge < -0.3 is 14.8 Å². The van der Waals surface area contributed by atoms with Crippen LogP contribution in [0, 0.1) is 0 Å². The summed E-state index contributed by atoms with van der Waals surface area (Å²) in [7, 11) is 1.73. The summed E-state index contributed by atoms with van der Waals surface area (Å²) in [6, 6.07) is 0. The number of rotatable bonds is 5. The van der Waals surface area contributed by atoms with E-state index in [1.54, 1.807) is 7.11 Å². The van der Waals surface area contributed by atoms with Gasteiger partial charge in [-0.2, -0.15) is 0 Å². The Morgan fingerprint density at radius 1 is 1.54 bits per heavy atom. The van der Waals surface area contributed by atoms with Crippen molar-refractivity contribution in [2.75, 3.05) is 26.8 Å². The zero-order valence-corrected chi connectivity index (χ0v) is 8.71. The van der Waals surface area contributed by atoms with Crippen LogP contribution in [-0.4, -0.2) is 39.0 Å². The number of piperidine rings is 1. The van der Waals surface area contributed by atoms with Gasteiger partial charge in [0.05, 0.1) is 12.2 Å². The predicted octanol–water partition coefficient (Wildman–Crippen LogP) is 1.18. The molecule has 1 rings (SSSR count).